The number of hydrogen-bond donors (Lipinski definition) is 6. The van der Waals surface area contributed by atoms with Gasteiger partial charge < -0.3 is 45.0 Å². The van der Waals surface area contributed by atoms with E-state index in [1.54, 1.807) is 24.3 Å². The second-order valence-electron chi connectivity index (χ2n) is 14.2. The van der Waals surface area contributed by atoms with Gasteiger partial charge >= 0.3 is 6.09 Å². The molecule has 2 aromatic heterocycles. The molecule has 0 aliphatic carbocycles. The first kappa shape index (κ1) is 37.7. The lowest BCUT2D eigenvalue weighted by Gasteiger charge is -2.43. The maximum Gasteiger partial charge on any atom is 0.408 e. The normalized spacial score (nSPS) is 18.7. The highest BCUT2D eigenvalue weighted by Crippen LogP contribution is 2.31. The van der Waals surface area contributed by atoms with Crippen LogP contribution < -0.4 is 26.2 Å². The minimum atomic E-state index is -0.840. The van der Waals surface area contributed by atoms with Crippen LogP contribution in [-0.4, -0.2) is 77.5 Å². The number of piperidine rings is 3. The fraction of sp³-hybridized carbons (Fsp3) is 0.357. The lowest BCUT2D eigenvalue weighted by Crippen LogP contribution is -2.52. The largest absolute Gasteiger partial charge is 0.506 e. The first-order valence-corrected chi connectivity index (χ1v) is 18.9. The number of H-pyrrole nitrogens is 1. The van der Waals surface area contributed by atoms with Crippen molar-refractivity contribution in [3.63, 3.8) is 0 Å². The number of carbonyl (C=O) groups excluding carboxylic acids is 2. The number of rotatable bonds is 16. The quantitative estimate of drug-likeness (QED) is 0.0740. The topological polar surface area (TPSA) is 178 Å². The molecule has 3 atom stereocenters. The Bertz CT molecular complexity index is 2130. The third-order valence-corrected chi connectivity index (χ3v) is 10.4. The van der Waals surface area contributed by atoms with Gasteiger partial charge in [0.2, 0.25) is 5.56 Å². The number of hydrogen-bond acceptors (Lipinski definition) is 10. The summed E-state index contributed by atoms with van der Waals surface area (Å²) in [4.78, 5) is 42.6. The number of carbonyl (C=O) groups is 2. The molecule has 0 radical (unpaired) electrons. The Morgan fingerprint density at radius 2 is 1.73 bits per heavy atom. The summed E-state index contributed by atoms with van der Waals surface area (Å²) in [6.45, 7) is 4.39. The number of pyridine rings is 1. The van der Waals surface area contributed by atoms with Crippen molar-refractivity contribution in [2.45, 2.75) is 50.5 Å². The van der Waals surface area contributed by atoms with Crippen molar-refractivity contribution < 1.29 is 33.7 Å². The monoisotopic (exact) mass is 749 g/mol. The van der Waals surface area contributed by atoms with Crippen LogP contribution in [-0.2, 0) is 11.3 Å². The van der Waals surface area contributed by atoms with Gasteiger partial charge in [-0.3, -0.25) is 14.5 Å². The van der Waals surface area contributed by atoms with Crippen LogP contribution in [0.15, 0.2) is 100 Å². The van der Waals surface area contributed by atoms with E-state index < -0.39 is 18.2 Å². The van der Waals surface area contributed by atoms with E-state index >= 15 is 0 Å². The van der Waals surface area contributed by atoms with E-state index in [0.717, 1.165) is 50.0 Å². The molecule has 3 aliphatic heterocycles. The van der Waals surface area contributed by atoms with Gasteiger partial charge in [-0.05, 0) is 104 Å². The average Bonchev–Trinajstić information content (AvgIpc) is 3.69. The Hall–Kier alpha value is -5.63. The van der Waals surface area contributed by atoms with Gasteiger partial charge in [0.15, 0.2) is 5.76 Å². The Labute approximate surface area is 318 Å². The minimum Gasteiger partial charge on any atom is -0.506 e. The van der Waals surface area contributed by atoms with Crippen molar-refractivity contribution in [3.8, 4) is 11.5 Å². The summed E-state index contributed by atoms with van der Waals surface area (Å²) in [5.74, 6) is 1.30. The molecule has 13 nitrogen and oxygen atoms in total. The number of benzene rings is 3. The molecule has 0 unspecified atom stereocenters. The van der Waals surface area contributed by atoms with Gasteiger partial charge in [-0.25, -0.2) is 4.79 Å². The number of aromatic amines is 1. The fourth-order valence-electron chi connectivity index (χ4n) is 7.42. The second kappa shape index (κ2) is 17.7. The van der Waals surface area contributed by atoms with Gasteiger partial charge in [0.1, 0.15) is 30.0 Å². The van der Waals surface area contributed by atoms with Crippen LogP contribution in [0, 0.1) is 5.92 Å². The molecule has 8 rings (SSSR count). The maximum absolute atomic E-state index is 13.2. The molecule has 5 heterocycles. The number of unbranched alkanes of at least 4 members (excludes halogenated alkanes) is 1. The molecular weight excluding hydrogens is 702 g/mol. The summed E-state index contributed by atoms with van der Waals surface area (Å²) in [5.41, 5.74) is 2.32. The van der Waals surface area contributed by atoms with Crippen molar-refractivity contribution in [3.05, 3.63) is 130 Å². The maximum atomic E-state index is 13.2. The molecule has 6 N–H and O–H groups in total. The highest BCUT2D eigenvalue weighted by molar-refractivity contribution is 5.91. The lowest BCUT2D eigenvalue weighted by molar-refractivity contribution is -0.0336. The number of nitrogens with zero attached hydrogens (tertiary/aromatic N) is 1. The number of phenols is 1. The molecule has 13 heteroatoms. The molecule has 0 saturated carbocycles. The number of alkyl carbamates (subject to hydrolysis) is 1. The molecule has 2 bridgehead atoms. The Kier molecular flexibility index (Phi) is 12.1. The van der Waals surface area contributed by atoms with Gasteiger partial charge in [0.25, 0.3) is 5.91 Å². The summed E-state index contributed by atoms with van der Waals surface area (Å²) in [6.07, 6.45) is 2.21. The van der Waals surface area contributed by atoms with E-state index in [9.17, 15) is 24.6 Å². The predicted molar refractivity (Wildman–Crippen MR) is 206 cm³/mol. The number of aromatic hydroxyl groups is 1. The van der Waals surface area contributed by atoms with E-state index in [1.807, 2.05) is 54.6 Å². The SMILES string of the molecule is O=C(N[C@@H](c1ccccc1)c1cccc(OCc2ccc(C(=O)NCCCCNC[C@H](O)c3ccc(O)c4[nH]c(=O)ccc34)o2)c1)O[C@@H]1CN2CCC1CC2. The number of ether oxygens (including phenoxy) is 2. The number of furan rings is 1. The Balaban J connectivity index is 0.849. The Morgan fingerprint density at radius 1 is 0.927 bits per heavy atom. The number of amides is 2. The smallest absolute Gasteiger partial charge is 0.408 e. The van der Waals surface area contributed by atoms with Crippen LogP contribution in [0.1, 0.15) is 70.8 Å². The summed E-state index contributed by atoms with van der Waals surface area (Å²) in [7, 11) is 0. The van der Waals surface area contributed by atoms with Gasteiger partial charge in [0.05, 0.1) is 17.7 Å². The number of fused-ring (bicyclic) bond motifs is 4. The summed E-state index contributed by atoms with van der Waals surface area (Å²) < 4.78 is 17.8. The molecule has 3 fully saturated rings. The molecule has 3 aromatic carbocycles. The number of nitrogens with one attached hydrogen (secondary N) is 4. The minimum absolute atomic E-state index is 0.0545. The second-order valence-corrected chi connectivity index (χ2v) is 14.2. The predicted octanol–water partition coefficient (Wildman–Crippen LogP) is 5.15. The highest BCUT2D eigenvalue weighted by atomic mass is 16.6. The number of phenolic OH excluding ortho intramolecular Hbond substituents is 1. The molecule has 3 aliphatic rings. The molecule has 0 spiro atoms. The average molecular weight is 750 g/mol. The number of aliphatic hydroxyl groups excluding tert-OH is 1. The zero-order valence-electron chi connectivity index (χ0n) is 30.5. The molecular formula is C42H47N5O8. The first-order chi connectivity index (χ1) is 26.8. The lowest BCUT2D eigenvalue weighted by atomic mass is 9.86. The van der Waals surface area contributed by atoms with Crippen LogP contribution in [0.3, 0.4) is 0 Å². The number of aromatic nitrogens is 1. The first-order valence-electron chi connectivity index (χ1n) is 18.9. The van der Waals surface area contributed by atoms with E-state index in [4.69, 9.17) is 13.9 Å². The van der Waals surface area contributed by atoms with Crippen molar-refractivity contribution in [1.29, 1.82) is 0 Å². The molecule has 3 saturated heterocycles. The van der Waals surface area contributed by atoms with Gasteiger partial charge in [-0.1, -0.05) is 48.5 Å². The van der Waals surface area contributed by atoms with Crippen LogP contribution in [0.2, 0.25) is 0 Å². The van der Waals surface area contributed by atoms with E-state index in [-0.39, 0.29) is 42.2 Å². The third-order valence-electron chi connectivity index (χ3n) is 10.4. The van der Waals surface area contributed by atoms with Crippen LogP contribution in [0.25, 0.3) is 10.9 Å². The standard InChI is InChI=1S/C42H47N5O8/c48-34-14-12-32(33-13-16-38(50)45-40(33)34)35(49)24-43-19-4-5-20-44-41(51)36-15-11-31(54-36)26-53-30-10-6-9-29(23-30)39(28-7-2-1-3-8-28)46-42(52)55-37-25-47-21-17-27(37)18-22-47/h1-3,6-16,23,27,35,37,39,43,48-49H,4-5,17-22,24-26H2,(H,44,51)(H,45,50)(H,46,52)/t35-,37+,39-/m0/s1. The molecule has 2 amide bonds. The zero-order valence-corrected chi connectivity index (χ0v) is 30.5. The molecule has 55 heavy (non-hydrogen) atoms. The number of aliphatic hydroxyl groups is 1. The van der Waals surface area contributed by atoms with Crippen molar-refractivity contribution in [2.75, 3.05) is 39.3 Å². The summed E-state index contributed by atoms with van der Waals surface area (Å²) in [5, 5.41) is 30.6. The van der Waals surface area contributed by atoms with Gasteiger partial charge in [-0.15, -0.1) is 0 Å². The fourth-order valence-corrected chi connectivity index (χ4v) is 7.42. The van der Waals surface area contributed by atoms with E-state index in [1.165, 1.54) is 12.1 Å². The molecule has 288 valence electrons. The highest BCUT2D eigenvalue weighted by Gasteiger charge is 2.37. The van der Waals surface area contributed by atoms with Crippen LogP contribution >= 0.6 is 0 Å². The Morgan fingerprint density at radius 3 is 2.53 bits per heavy atom. The van der Waals surface area contributed by atoms with Crippen molar-refractivity contribution in [1.82, 2.24) is 25.8 Å². The third kappa shape index (κ3) is 9.55. The summed E-state index contributed by atoms with van der Waals surface area (Å²) >= 11 is 0. The van der Waals surface area contributed by atoms with Crippen molar-refractivity contribution >= 4 is 22.9 Å². The van der Waals surface area contributed by atoms with Crippen LogP contribution in [0.5, 0.6) is 11.5 Å². The van der Waals surface area contributed by atoms with Gasteiger partial charge in [-0.2, -0.15) is 0 Å². The van der Waals surface area contributed by atoms with Gasteiger partial charge in [0, 0.05) is 31.1 Å². The van der Waals surface area contributed by atoms with Crippen molar-refractivity contribution in [2.24, 2.45) is 5.92 Å². The van der Waals surface area contributed by atoms with E-state index in [2.05, 4.69) is 25.8 Å². The summed E-state index contributed by atoms with van der Waals surface area (Å²) in [6, 6.07) is 26.2. The van der Waals surface area contributed by atoms with E-state index in [0.29, 0.717) is 53.4 Å². The molecule has 5 aromatic rings. The van der Waals surface area contributed by atoms with Crippen LogP contribution in [0.4, 0.5) is 4.79 Å². The zero-order chi connectivity index (χ0) is 38.1.